The molecule has 0 bridgehead atoms. The number of aliphatic imine (C=N–C) groups is 1. The van der Waals surface area contributed by atoms with Gasteiger partial charge in [0.15, 0.2) is 5.96 Å². The molecular formula is C20H27F2N5O3. The van der Waals surface area contributed by atoms with E-state index in [-0.39, 0.29) is 12.3 Å². The van der Waals surface area contributed by atoms with Crippen LogP contribution in [0.5, 0.6) is 11.5 Å². The highest BCUT2D eigenvalue weighted by Gasteiger charge is 2.20. The van der Waals surface area contributed by atoms with E-state index in [4.69, 9.17) is 9.26 Å². The summed E-state index contributed by atoms with van der Waals surface area (Å²) in [5.41, 5.74) is 1.48. The zero-order chi connectivity index (χ0) is 21.3. The number of hydrogen-bond acceptors (Lipinski definition) is 6. The molecule has 1 fully saturated rings. The average molecular weight is 423 g/mol. The molecule has 1 aromatic carbocycles. The molecule has 0 aliphatic carbocycles. The van der Waals surface area contributed by atoms with E-state index in [9.17, 15) is 8.78 Å². The third-order valence-corrected chi connectivity index (χ3v) is 4.77. The number of alkyl halides is 2. The number of ether oxygens (including phenoxy) is 2. The molecule has 8 nitrogen and oxygen atoms in total. The molecule has 10 heteroatoms. The van der Waals surface area contributed by atoms with Gasteiger partial charge in [0.25, 0.3) is 0 Å². The summed E-state index contributed by atoms with van der Waals surface area (Å²) in [6.07, 6.45) is 1.58. The third-order valence-electron chi connectivity index (χ3n) is 4.77. The van der Waals surface area contributed by atoms with E-state index in [0.717, 1.165) is 44.4 Å². The van der Waals surface area contributed by atoms with E-state index in [0.29, 0.717) is 17.9 Å². The summed E-state index contributed by atoms with van der Waals surface area (Å²) >= 11 is 0. The number of guanidine groups is 1. The molecule has 164 valence electrons. The van der Waals surface area contributed by atoms with Gasteiger partial charge in [0, 0.05) is 57.0 Å². The summed E-state index contributed by atoms with van der Waals surface area (Å²) in [5, 5.41) is 7.24. The predicted octanol–water partition coefficient (Wildman–Crippen LogP) is 2.57. The minimum absolute atomic E-state index is 0.0707. The number of methoxy groups -OCH3 is 1. The van der Waals surface area contributed by atoms with Crippen LogP contribution in [0, 0.1) is 0 Å². The molecule has 0 atom stereocenters. The van der Waals surface area contributed by atoms with Gasteiger partial charge in [-0.25, -0.2) is 4.99 Å². The SMILES string of the molecule is CCNC(=NCc1ccc(OC)cc1OC(F)F)N1CCN(Cc2ccon2)CC1. The summed E-state index contributed by atoms with van der Waals surface area (Å²) in [4.78, 5) is 9.12. The molecule has 2 aromatic rings. The van der Waals surface area contributed by atoms with E-state index in [1.54, 1.807) is 18.4 Å². The average Bonchev–Trinajstić information content (AvgIpc) is 3.25. The van der Waals surface area contributed by atoms with Crippen molar-refractivity contribution >= 4 is 5.96 Å². The molecule has 0 spiro atoms. The van der Waals surface area contributed by atoms with Gasteiger partial charge in [-0.2, -0.15) is 8.78 Å². The van der Waals surface area contributed by atoms with Crippen LogP contribution in [0.3, 0.4) is 0 Å². The van der Waals surface area contributed by atoms with Gasteiger partial charge in [-0.15, -0.1) is 0 Å². The van der Waals surface area contributed by atoms with E-state index in [1.165, 1.54) is 13.2 Å². The zero-order valence-corrected chi connectivity index (χ0v) is 17.2. The lowest BCUT2D eigenvalue weighted by Gasteiger charge is -2.36. The van der Waals surface area contributed by atoms with Crippen LogP contribution >= 0.6 is 0 Å². The van der Waals surface area contributed by atoms with Crippen LogP contribution in [0.4, 0.5) is 8.78 Å². The number of rotatable bonds is 8. The topological polar surface area (TPSA) is 75.4 Å². The lowest BCUT2D eigenvalue weighted by atomic mass is 10.2. The fourth-order valence-electron chi connectivity index (χ4n) is 3.25. The number of benzene rings is 1. The molecule has 30 heavy (non-hydrogen) atoms. The lowest BCUT2D eigenvalue weighted by Crippen LogP contribution is -2.52. The highest BCUT2D eigenvalue weighted by molar-refractivity contribution is 5.80. The maximum atomic E-state index is 12.8. The van der Waals surface area contributed by atoms with Gasteiger partial charge in [-0.05, 0) is 19.1 Å². The Morgan fingerprint density at radius 1 is 1.27 bits per heavy atom. The van der Waals surface area contributed by atoms with Crippen molar-refractivity contribution < 1.29 is 22.8 Å². The normalized spacial score (nSPS) is 15.5. The summed E-state index contributed by atoms with van der Waals surface area (Å²) in [5.74, 6) is 1.27. The standard InChI is InChI=1S/C20H27F2N5O3/c1-3-23-20(27-9-7-26(8-10-27)14-16-6-11-29-25-16)24-13-15-4-5-17(28-2)12-18(15)30-19(21)22/h4-6,11-12,19H,3,7-10,13-14H2,1-2H3,(H,23,24). The number of nitrogens with zero attached hydrogens (tertiary/aromatic N) is 4. The van der Waals surface area contributed by atoms with Gasteiger partial charge < -0.3 is 24.2 Å². The zero-order valence-electron chi connectivity index (χ0n) is 17.2. The van der Waals surface area contributed by atoms with Crippen molar-refractivity contribution in [2.75, 3.05) is 39.8 Å². The number of hydrogen-bond donors (Lipinski definition) is 1. The minimum atomic E-state index is -2.91. The summed E-state index contributed by atoms with van der Waals surface area (Å²) in [6, 6.07) is 6.72. The van der Waals surface area contributed by atoms with Crippen LogP contribution < -0.4 is 14.8 Å². The van der Waals surface area contributed by atoms with E-state index in [1.807, 2.05) is 13.0 Å². The largest absolute Gasteiger partial charge is 0.497 e. The van der Waals surface area contributed by atoms with E-state index >= 15 is 0 Å². The first-order valence-corrected chi connectivity index (χ1v) is 9.85. The summed E-state index contributed by atoms with van der Waals surface area (Å²) in [6.45, 7) is 4.08. The van der Waals surface area contributed by atoms with Crippen molar-refractivity contribution in [1.29, 1.82) is 0 Å². The molecule has 1 aliphatic rings. The molecule has 0 saturated carbocycles. The fraction of sp³-hybridized carbons (Fsp3) is 0.500. The molecule has 0 unspecified atom stereocenters. The van der Waals surface area contributed by atoms with Crippen molar-refractivity contribution in [2.24, 2.45) is 4.99 Å². The van der Waals surface area contributed by atoms with Crippen LogP contribution in [0.15, 0.2) is 40.0 Å². The van der Waals surface area contributed by atoms with Crippen LogP contribution in [0.25, 0.3) is 0 Å². The Morgan fingerprint density at radius 3 is 2.70 bits per heavy atom. The first-order chi connectivity index (χ1) is 14.6. The van der Waals surface area contributed by atoms with Gasteiger partial charge in [0.1, 0.15) is 17.8 Å². The Balaban J connectivity index is 1.65. The second-order valence-electron chi connectivity index (χ2n) is 6.78. The van der Waals surface area contributed by atoms with Crippen molar-refractivity contribution in [2.45, 2.75) is 26.6 Å². The summed E-state index contributed by atoms with van der Waals surface area (Å²) < 4.78 is 40.2. The van der Waals surface area contributed by atoms with Crippen LogP contribution in [0.1, 0.15) is 18.2 Å². The molecule has 1 aliphatic heterocycles. The highest BCUT2D eigenvalue weighted by Crippen LogP contribution is 2.27. The quantitative estimate of drug-likeness (QED) is 0.517. The van der Waals surface area contributed by atoms with Crippen LogP contribution in [0.2, 0.25) is 0 Å². The van der Waals surface area contributed by atoms with Crippen molar-refractivity contribution in [3.63, 3.8) is 0 Å². The Bertz CT molecular complexity index is 809. The molecule has 1 N–H and O–H groups in total. The number of halogens is 2. The molecule has 3 rings (SSSR count). The van der Waals surface area contributed by atoms with Crippen LogP contribution in [-0.4, -0.2) is 67.4 Å². The second-order valence-corrected chi connectivity index (χ2v) is 6.78. The van der Waals surface area contributed by atoms with Crippen molar-refractivity contribution in [1.82, 2.24) is 20.3 Å². The molecule has 2 heterocycles. The molecule has 0 amide bonds. The third kappa shape index (κ3) is 6.06. The number of aromatic nitrogens is 1. The van der Waals surface area contributed by atoms with Crippen molar-refractivity contribution in [3.8, 4) is 11.5 Å². The maximum absolute atomic E-state index is 12.8. The maximum Gasteiger partial charge on any atom is 0.387 e. The van der Waals surface area contributed by atoms with Gasteiger partial charge in [0.2, 0.25) is 0 Å². The van der Waals surface area contributed by atoms with Crippen molar-refractivity contribution in [3.05, 3.63) is 41.8 Å². The molecule has 1 aromatic heterocycles. The van der Waals surface area contributed by atoms with E-state index in [2.05, 4.69) is 30.0 Å². The number of nitrogens with one attached hydrogen (secondary N) is 1. The van der Waals surface area contributed by atoms with Gasteiger partial charge in [0.05, 0.1) is 19.3 Å². The Hall–Kier alpha value is -2.88. The Morgan fingerprint density at radius 2 is 2.07 bits per heavy atom. The smallest absolute Gasteiger partial charge is 0.387 e. The second kappa shape index (κ2) is 10.8. The Labute approximate surface area is 174 Å². The highest BCUT2D eigenvalue weighted by atomic mass is 19.3. The van der Waals surface area contributed by atoms with Gasteiger partial charge >= 0.3 is 6.61 Å². The van der Waals surface area contributed by atoms with Crippen LogP contribution in [-0.2, 0) is 13.1 Å². The Kier molecular flexibility index (Phi) is 7.83. The lowest BCUT2D eigenvalue weighted by molar-refractivity contribution is -0.0505. The molecular weight excluding hydrogens is 396 g/mol. The van der Waals surface area contributed by atoms with E-state index < -0.39 is 6.61 Å². The fourth-order valence-corrected chi connectivity index (χ4v) is 3.25. The first-order valence-electron chi connectivity index (χ1n) is 9.85. The number of piperazine rings is 1. The monoisotopic (exact) mass is 423 g/mol. The van der Waals surface area contributed by atoms with Gasteiger partial charge in [-0.3, -0.25) is 4.90 Å². The first kappa shape index (κ1) is 21.8. The molecule has 1 saturated heterocycles. The molecule has 0 radical (unpaired) electrons. The summed E-state index contributed by atoms with van der Waals surface area (Å²) in [7, 11) is 1.48. The van der Waals surface area contributed by atoms with Gasteiger partial charge in [-0.1, -0.05) is 5.16 Å². The minimum Gasteiger partial charge on any atom is -0.497 e. The predicted molar refractivity (Wildman–Crippen MR) is 108 cm³/mol.